The molecule has 0 saturated heterocycles. The second kappa shape index (κ2) is 6.46. The molecule has 1 aliphatic rings. The molecule has 4 heteroatoms. The highest BCUT2D eigenvalue weighted by Gasteiger charge is 2.14. The summed E-state index contributed by atoms with van der Waals surface area (Å²) >= 11 is 0. The number of hydrogen-bond acceptors (Lipinski definition) is 3. The van der Waals surface area contributed by atoms with Crippen LogP contribution in [0.4, 0.5) is 0 Å². The van der Waals surface area contributed by atoms with Crippen LogP contribution in [0.5, 0.6) is 0 Å². The van der Waals surface area contributed by atoms with Gasteiger partial charge < -0.3 is 5.32 Å². The Hall–Kier alpha value is -1.97. The largest absolute Gasteiger partial charge is 0.350 e. The molecule has 1 aromatic heterocycles. The minimum Gasteiger partial charge on any atom is -0.350 e. The van der Waals surface area contributed by atoms with E-state index in [0.717, 1.165) is 18.5 Å². The summed E-state index contributed by atoms with van der Waals surface area (Å²) in [6.07, 6.45) is 6.93. The second-order valence-electron chi connectivity index (χ2n) is 5.24. The van der Waals surface area contributed by atoms with Gasteiger partial charge in [-0.25, -0.2) is 0 Å². The molecule has 4 nitrogen and oxygen atoms in total. The highest BCUT2D eigenvalue weighted by atomic mass is 16.1. The van der Waals surface area contributed by atoms with Crippen molar-refractivity contribution in [1.29, 1.82) is 0 Å². The molecule has 0 radical (unpaired) electrons. The first kappa shape index (κ1) is 14.4. The van der Waals surface area contributed by atoms with E-state index in [1.165, 1.54) is 6.92 Å². The Labute approximate surface area is 119 Å². The second-order valence-corrected chi connectivity index (χ2v) is 5.24. The van der Waals surface area contributed by atoms with Gasteiger partial charge in [-0.2, -0.15) is 0 Å². The van der Waals surface area contributed by atoms with Gasteiger partial charge in [0.1, 0.15) is 0 Å². The van der Waals surface area contributed by atoms with Crippen LogP contribution in [-0.2, 0) is 11.3 Å². The first-order chi connectivity index (χ1) is 9.56. The minimum atomic E-state index is 0.0126. The zero-order chi connectivity index (χ0) is 14.5. The van der Waals surface area contributed by atoms with Crippen molar-refractivity contribution < 1.29 is 9.59 Å². The van der Waals surface area contributed by atoms with Crippen LogP contribution in [0, 0.1) is 12.8 Å². The van der Waals surface area contributed by atoms with Gasteiger partial charge in [-0.3, -0.25) is 14.6 Å². The molecule has 0 unspecified atom stereocenters. The molecule has 0 aliphatic heterocycles. The summed E-state index contributed by atoms with van der Waals surface area (Å²) in [6.45, 7) is 3.75. The maximum absolute atomic E-state index is 11.8. The number of Topliss-reactive ketones (excluding diaryl/α,β-unsaturated/α-hetero) is 1. The van der Waals surface area contributed by atoms with Gasteiger partial charge in [0.2, 0.25) is 5.91 Å². The normalized spacial score (nSPS) is 17.2. The lowest BCUT2D eigenvalue weighted by Gasteiger charge is -2.09. The van der Waals surface area contributed by atoms with E-state index in [1.54, 1.807) is 12.1 Å². The Morgan fingerprint density at radius 1 is 1.40 bits per heavy atom. The number of rotatable bonds is 5. The van der Waals surface area contributed by atoms with Crippen molar-refractivity contribution in [3.63, 3.8) is 0 Å². The molecule has 1 heterocycles. The van der Waals surface area contributed by atoms with Crippen LogP contribution >= 0.6 is 0 Å². The van der Waals surface area contributed by atoms with Crippen molar-refractivity contribution in [2.24, 2.45) is 5.92 Å². The summed E-state index contributed by atoms with van der Waals surface area (Å²) in [4.78, 5) is 27.5. The van der Waals surface area contributed by atoms with Crippen LogP contribution in [0.2, 0.25) is 0 Å². The molecular weight excluding hydrogens is 252 g/mol. The standard InChI is InChI=1S/C16H20N2O2/c1-11-15(12(2)19)8-7-14(18-11)10-17-16(20)9-13-5-3-4-6-13/h3,5,7-8,13H,4,6,9-10H2,1-2H3,(H,17,20)/t13-/m1/s1. The fourth-order valence-corrected chi connectivity index (χ4v) is 2.45. The third-order valence-electron chi connectivity index (χ3n) is 3.55. The van der Waals surface area contributed by atoms with Crippen LogP contribution in [0.1, 0.15) is 47.9 Å². The predicted molar refractivity (Wildman–Crippen MR) is 77.3 cm³/mol. The van der Waals surface area contributed by atoms with Gasteiger partial charge in [-0.15, -0.1) is 0 Å². The van der Waals surface area contributed by atoms with Gasteiger partial charge in [-0.05, 0) is 44.7 Å². The van der Waals surface area contributed by atoms with Gasteiger partial charge in [0.25, 0.3) is 0 Å². The van der Waals surface area contributed by atoms with Crippen molar-refractivity contribution in [1.82, 2.24) is 10.3 Å². The molecule has 1 atom stereocenters. The highest BCUT2D eigenvalue weighted by Crippen LogP contribution is 2.20. The molecule has 0 saturated carbocycles. The molecule has 1 amide bonds. The number of pyridine rings is 1. The van der Waals surface area contributed by atoms with E-state index in [4.69, 9.17) is 0 Å². The maximum Gasteiger partial charge on any atom is 0.220 e. The van der Waals surface area contributed by atoms with Crippen molar-refractivity contribution >= 4 is 11.7 Å². The number of aryl methyl sites for hydroxylation is 1. The number of ketones is 1. The Balaban J connectivity index is 1.87. The van der Waals surface area contributed by atoms with E-state index in [2.05, 4.69) is 22.5 Å². The van der Waals surface area contributed by atoms with Crippen LogP contribution in [0.3, 0.4) is 0 Å². The fourth-order valence-electron chi connectivity index (χ4n) is 2.45. The number of hydrogen-bond donors (Lipinski definition) is 1. The molecule has 0 aromatic carbocycles. The van der Waals surface area contributed by atoms with E-state index in [0.29, 0.717) is 30.1 Å². The predicted octanol–water partition coefficient (Wildman–Crippen LogP) is 2.57. The molecule has 2 rings (SSSR count). The molecule has 20 heavy (non-hydrogen) atoms. The lowest BCUT2D eigenvalue weighted by Crippen LogP contribution is -2.25. The van der Waals surface area contributed by atoms with Crippen molar-refractivity contribution in [3.05, 3.63) is 41.2 Å². The number of aromatic nitrogens is 1. The third-order valence-corrected chi connectivity index (χ3v) is 3.55. The highest BCUT2D eigenvalue weighted by molar-refractivity contribution is 5.95. The first-order valence-corrected chi connectivity index (χ1v) is 6.97. The van der Waals surface area contributed by atoms with Crippen LogP contribution < -0.4 is 5.32 Å². The van der Waals surface area contributed by atoms with Gasteiger partial charge in [-0.1, -0.05) is 12.2 Å². The molecule has 106 valence electrons. The zero-order valence-corrected chi connectivity index (χ0v) is 12.0. The summed E-state index contributed by atoms with van der Waals surface area (Å²) < 4.78 is 0. The molecule has 0 spiro atoms. The topological polar surface area (TPSA) is 59.1 Å². The smallest absolute Gasteiger partial charge is 0.220 e. The SMILES string of the molecule is CC(=O)c1ccc(CNC(=O)C[C@@H]2C=CCC2)nc1C. The van der Waals surface area contributed by atoms with Crippen molar-refractivity contribution in [3.8, 4) is 0 Å². The van der Waals surface area contributed by atoms with Crippen molar-refractivity contribution in [2.75, 3.05) is 0 Å². The number of nitrogens with zero attached hydrogens (tertiary/aromatic N) is 1. The van der Waals surface area contributed by atoms with E-state index in [-0.39, 0.29) is 11.7 Å². The van der Waals surface area contributed by atoms with Crippen LogP contribution in [0.25, 0.3) is 0 Å². The fraction of sp³-hybridized carbons (Fsp3) is 0.438. The van der Waals surface area contributed by atoms with Gasteiger partial charge >= 0.3 is 0 Å². The molecule has 0 bridgehead atoms. The summed E-state index contributed by atoms with van der Waals surface area (Å²) in [5, 5.41) is 2.88. The van der Waals surface area contributed by atoms with Crippen LogP contribution in [0.15, 0.2) is 24.3 Å². The first-order valence-electron chi connectivity index (χ1n) is 6.97. The van der Waals surface area contributed by atoms with Gasteiger partial charge in [0.15, 0.2) is 5.78 Å². The molecular formula is C16H20N2O2. The lowest BCUT2D eigenvalue weighted by atomic mass is 10.1. The van der Waals surface area contributed by atoms with Gasteiger partial charge in [0, 0.05) is 17.7 Å². The lowest BCUT2D eigenvalue weighted by molar-refractivity contribution is -0.121. The third kappa shape index (κ3) is 3.76. The summed E-state index contributed by atoms with van der Waals surface area (Å²) in [5.74, 6) is 0.444. The van der Waals surface area contributed by atoms with E-state index in [9.17, 15) is 9.59 Å². The summed E-state index contributed by atoms with van der Waals surface area (Å²) in [5.41, 5.74) is 2.13. The number of amides is 1. The average Bonchev–Trinajstić information content (AvgIpc) is 2.89. The Morgan fingerprint density at radius 2 is 2.20 bits per heavy atom. The Morgan fingerprint density at radius 3 is 2.80 bits per heavy atom. The van der Waals surface area contributed by atoms with E-state index < -0.39 is 0 Å². The maximum atomic E-state index is 11.8. The molecule has 0 fully saturated rings. The van der Waals surface area contributed by atoms with E-state index >= 15 is 0 Å². The molecule has 1 aromatic rings. The quantitative estimate of drug-likeness (QED) is 0.662. The Bertz CT molecular complexity index is 549. The molecule has 1 N–H and O–H groups in total. The monoisotopic (exact) mass is 272 g/mol. The minimum absolute atomic E-state index is 0.0126. The number of carbonyl (C=O) groups excluding carboxylic acids is 2. The number of carbonyl (C=O) groups is 2. The van der Waals surface area contributed by atoms with Crippen molar-refractivity contribution in [2.45, 2.75) is 39.7 Å². The van der Waals surface area contributed by atoms with Gasteiger partial charge in [0.05, 0.1) is 12.2 Å². The summed E-state index contributed by atoms with van der Waals surface area (Å²) in [7, 11) is 0. The Kier molecular flexibility index (Phi) is 4.66. The number of nitrogens with one attached hydrogen (secondary N) is 1. The van der Waals surface area contributed by atoms with Crippen LogP contribution in [-0.4, -0.2) is 16.7 Å². The molecule has 1 aliphatic carbocycles. The number of allylic oxidation sites excluding steroid dienone is 2. The summed E-state index contributed by atoms with van der Waals surface area (Å²) in [6, 6.07) is 3.56. The zero-order valence-electron chi connectivity index (χ0n) is 12.0. The van der Waals surface area contributed by atoms with E-state index in [1.807, 2.05) is 6.92 Å². The average molecular weight is 272 g/mol.